The first-order chi connectivity index (χ1) is 19.6. The number of hydrogen-bond acceptors (Lipinski definition) is 4. The van der Waals surface area contributed by atoms with Crippen molar-refractivity contribution in [2.75, 3.05) is 19.0 Å². The van der Waals surface area contributed by atoms with Crippen LogP contribution in [0.1, 0.15) is 100 Å². The van der Waals surface area contributed by atoms with Crippen LogP contribution in [0.2, 0.25) is 0 Å². The number of carbonyl (C=O) groups is 1. The summed E-state index contributed by atoms with van der Waals surface area (Å²) in [6, 6.07) is 13.8. The van der Waals surface area contributed by atoms with Gasteiger partial charge < -0.3 is 31.8 Å². The second-order valence-electron chi connectivity index (χ2n) is 10.7. The molecule has 1 aromatic heterocycles. The lowest BCUT2D eigenvalue weighted by atomic mass is 10.1. The molecule has 0 bridgehead atoms. The Morgan fingerprint density at radius 2 is 1.44 bits per heavy atom. The number of rotatable bonds is 20. The van der Waals surface area contributed by atoms with Crippen molar-refractivity contribution in [2.45, 2.75) is 104 Å². The Morgan fingerprint density at radius 1 is 0.829 bits per heavy atom. The molecule has 3 rings (SSSR count). The first-order valence-electron chi connectivity index (χ1n) is 15.2. The third-order valence-corrected chi connectivity index (χ3v) is 8.16. The number of methoxy groups -OCH3 is 1. The molecule has 0 saturated carbocycles. The van der Waals surface area contributed by atoms with E-state index < -0.39 is 0 Å². The maximum absolute atomic E-state index is 12.7. The van der Waals surface area contributed by atoms with Crippen LogP contribution in [-0.4, -0.2) is 19.6 Å². The first-order valence-corrected chi connectivity index (χ1v) is 16.1. The van der Waals surface area contributed by atoms with Gasteiger partial charge in [0.05, 0.1) is 25.5 Å². The molecule has 0 fully saturated rings. The van der Waals surface area contributed by atoms with Gasteiger partial charge in [-0.25, -0.2) is 0 Å². The number of nitrogens with one attached hydrogen (secondary N) is 1. The zero-order chi connectivity index (χ0) is 28.4. The van der Waals surface area contributed by atoms with Crippen molar-refractivity contribution in [3.63, 3.8) is 0 Å². The number of unbranched alkanes of at least 4 members (excludes halogenated alkanes) is 11. The van der Waals surface area contributed by atoms with E-state index in [-0.39, 0.29) is 29.3 Å². The van der Waals surface area contributed by atoms with E-state index >= 15 is 0 Å². The molecular formula is C34H49BrN2O3S. The van der Waals surface area contributed by atoms with Gasteiger partial charge in [0.1, 0.15) is 0 Å². The number of hydrogen-bond donors (Lipinski definition) is 1. The van der Waals surface area contributed by atoms with Crippen LogP contribution in [0.4, 0.5) is 5.69 Å². The van der Waals surface area contributed by atoms with Gasteiger partial charge in [-0.3, -0.25) is 4.79 Å². The number of aromatic nitrogens is 1. The molecule has 1 N–H and O–H groups in total. The van der Waals surface area contributed by atoms with Gasteiger partial charge in [0, 0.05) is 18.2 Å². The molecule has 41 heavy (non-hydrogen) atoms. The minimum absolute atomic E-state index is 0. The molecule has 0 aliphatic carbocycles. The Balaban J connectivity index is 0.00000588. The summed E-state index contributed by atoms with van der Waals surface area (Å²) in [4.78, 5) is 12.7. The maximum atomic E-state index is 12.7. The van der Waals surface area contributed by atoms with Crippen molar-refractivity contribution in [3.05, 3.63) is 70.2 Å². The van der Waals surface area contributed by atoms with Gasteiger partial charge in [0.2, 0.25) is 10.9 Å². The van der Waals surface area contributed by atoms with Gasteiger partial charge in [-0.1, -0.05) is 107 Å². The molecule has 0 atom stereocenters. The van der Waals surface area contributed by atoms with Gasteiger partial charge >= 0.3 is 0 Å². The monoisotopic (exact) mass is 644 g/mol. The molecular weight excluding hydrogens is 596 g/mol. The third-order valence-electron chi connectivity index (χ3n) is 7.32. The van der Waals surface area contributed by atoms with Crippen molar-refractivity contribution in [2.24, 2.45) is 0 Å². The average Bonchev–Trinajstić information content (AvgIpc) is 3.36. The first kappa shape index (κ1) is 34.8. The zero-order valence-electron chi connectivity index (χ0n) is 25.3. The Bertz CT molecular complexity index is 1130. The summed E-state index contributed by atoms with van der Waals surface area (Å²) in [5.74, 6) is 1.36. The van der Waals surface area contributed by atoms with Crippen molar-refractivity contribution >= 4 is 22.9 Å². The maximum Gasteiger partial charge on any atom is 0.234 e. The standard InChI is InChI=1S/C34H48N2O3S.BrH/c1-4-5-6-7-8-9-10-11-12-13-14-15-23-39-32-21-18-30(25-33(32)38-3)26-34(37)35-31-19-16-29(17-20-31)27-36-22-24-40-28(36)2;/h16-22,24-25H,4-15,23,26-27H2,1-3H3;1H. The number of aryl methyl sites for hydroxylation is 1. The number of halogens is 1. The Kier molecular flexibility index (Phi) is 17.4. The number of ether oxygens (including phenoxy) is 2. The molecule has 1 amide bonds. The summed E-state index contributed by atoms with van der Waals surface area (Å²) in [5.41, 5.74) is 2.90. The van der Waals surface area contributed by atoms with E-state index in [1.165, 1.54) is 81.2 Å². The summed E-state index contributed by atoms with van der Waals surface area (Å²) >= 11 is 1.74. The number of thiazole rings is 1. The summed E-state index contributed by atoms with van der Waals surface area (Å²) in [5, 5.41) is 6.37. The predicted octanol–water partition coefficient (Wildman–Crippen LogP) is 5.67. The van der Waals surface area contributed by atoms with E-state index in [2.05, 4.69) is 47.4 Å². The van der Waals surface area contributed by atoms with E-state index in [1.807, 2.05) is 30.3 Å². The number of nitrogens with zero attached hydrogens (tertiary/aromatic N) is 1. The second kappa shape index (κ2) is 20.5. The van der Waals surface area contributed by atoms with Crippen LogP contribution in [-0.2, 0) is 17.8 Å². The SMILES string of the molecule is CCCCCCCCCCCCCCOc1ccc(CC(=O)Nc2ccc(C[n+]3ccsc3C)cc2)cc1OC.[Br-]. The number of anilines is 1. The molecule has 2 aromatic carbocycles. The Hall–Kier alpha value is -2.38. The molecule has 1 heterocycles. The van der Waals surface area contributed by atoms with Crippen molar-refractivity contribution in [3.8, 4) is 11.5 Å². The van der Waals surface area contributed by atoms with Crippen molar-refractivity contribution in [1.29, 1.82) is 0 Å². The molecule has 3 aromatic rings. The van der Waals surface area contributed by atoms with Crippen LogP contribution in [0.15, 0.2) is 54.0 Å². The van der Waals surface area contributed by atoms with Crippen LogP contribution in [0.5, 0.6) is 11.5 Å². The van der Waals surface area contributed by atoms with Gasteiger partial charge in [0.15, 0.2) is 24.2 Å². The molecule has 0 saturated heterocycles. The fraction of sp³-hybridized carbons (Fsp3) is 0.529. The van der Waals surface area contributed by atoms with Crippen LogP contribution in [0.3, 0.4) is 0 Å². The molecule has 0 unspecified atom stereocenters. The fourth-order valence-electron chi connectivity index (χ4n) is 4.89. The van der Waals surface area contributed by atoms with E-state index in [0.717, 1.165) is 30.0 Å². The Morgan fingerprint density at radius 3 is 2.02 bits per heavy atom. The number of amides is 1. The quantitative estimate of drug-likeness (QED) is 0.127. The van der Waals surface area contributed by atoms with Crippen LogP contribution in [0, 0.1) is 6.92 Å². The molecule has 0 radical (unpaired) electrons. The Labute approximate surface area is 262 Å². The van der Waals surface area contributed by atoms with Gasteiger partial charge in [-0.2, -0.15) is 4.57 Å². The lowest BCUT2D eigenvalue weighted by Crippen LogP contribution is -3.00. The zero-order valence-corrected chi connectivity index (χ0v) is 27.7. The third kappa shape index (κ3) is 13.4. The highest BCUT2D eigenvalue weighted by Gasteiger charge is 2.11. The average molecular weight is 646 g/mol. The van der Waals surface area contributed by atoms with E-state index in [1.54, 1.807) is 18.4 Å². The lowest BCUT2D eigenvalue weighted by Gasteiger charge is -2.12. The van der Waals surface area contributed by atoms with E-state index in [0.29, 0.717) is 12.4 Å². The van der Waals surface area contributed by atoms with Crippen LogP contribution >= 0.6 is 11.3 Å². The summed E-state index contributed by atoms with van der Waals surface area (Å²) < 4.78 is 13.8. The molecule has 5 nitrogen and oxygen atoms in total. The highest BCUT2D eigenvalue weighted by molar-refractivity contribution is 7.09. The largest absolute Gasteiger partial charge is 1.00 e. The highest BCUT2D eigenvalue weighted by Crippen LogP contribution is 2.29. The van der Waals surface area contributed by atoms with Crippen molar-refractivity contribution in [1.82, 2.24) is 0 Å². The molecule has 7 heteroatoms. The summed E-state index contributed by atoms with van der Waals surface area (Å²) in [6.07, 6.45) is 18.3. The lowest BCUT2D eigenvalue weighted by molar-refractivity contribution is -0.689. The minimum Gasteiger partial charge on any atom is -1.00 e. The van der Waals surface area contributed by atoms with Crippen LogP contribution in [0.25, 0.3) is 0 Å². The molecule has 226 valence electrons. The van der Waals surface area contributed by atoms with E-state index in [4.69, 9.17) is 9.47 Å². The summed E-state index contributed by atoms with van der Waals surface area (Å²) in [6.45, 7) is 5.91. The van der Waals surface area contributed by atoms with E-state index in [9.17, 15) is 4.79 Å². The summed E-state index contributed by atoms with van der Waals surface area (Å²) in [7, 11) is 1.65. The second-order valence-corrected chi connectivity index (χ2v) is 11.8. The fourth-order valence-corrected chi connectivity index (χ4v) is 5.55. The van der Waals surface area contributed by atoms with Gasteiger partial charge in [-0.05, 0) is 36.2 Å². The van der Waals surface area contributed by atoms with Gasteiger partial charge in [0.25, 0.3) is 0 Å². The van der Waals surface area contributed by atoms with Crippen molar-refractivity contribution < 1.29 is 35.8 Å². The highest BCUT2D eigenvalue weighted by atomic mass is 79.9. The minimum atomic E-state index is -0.0528. The number of carbonyl (C=O) groups excluding carboxylic acids is 1. The number of benzene rings is 2. The van der Waals surface area contributed by atoms with Crippen LogP contribution < -0.4 is 36.3 Å². The predicted molar refractivity (Wildman–Crippen MR) is 167 cm³/mol. The smallest absolute Gasteiger partial charge is 0.234 e. The van der Waals surface area contributed by atoms with Gasteiger partial charge in [-0.15, -0.1) is 0 Å². The molecule has 0 aliphatic rings. The topological polar surface area (TPSA) is 51.4 Å². The molecule has 0 aliphatic heterocycles. The normalized spacial score (nSPS) is 10.7. The molecule has 0 spiro atoms.